The molecule has 2 nitrogen and oxygen atoms in total. The molecular weight excluding hydrogens is 392 g/mol. The molecule has 5 rings (SSSR count). The minimum atomic E-state index is -1.16. The second-order valence-electron chi connectivity index (χ2n) is 15.5. The van der Waals surface area contributed by atoms with Crippen molar-refractivity contribution in [3.05, 3.63) is 0 Å². The van der Waals surface area contributed by atoms with Crippen molar-refractivity contribution in [2.24, 2.45) is 50.2 Å². The third-order valence-electron chi connectivity index (χ3n) is 13.8. The number of rotatable bonds is 0. The molecule has 0 aromatic rings. The van der Waals surface area contributed by atoms with Crippen LogP contribution in [0.1, 0.15) is 126 Å². The number of ketones is 1. The Morgan fingerprint density at radius 2 is 1.22 bits per heavy atom. The molecule has 182 valence electrons. The topological polar surface area (TPSA) is 37.3 Å². The molecule has 5 saturated carbocycles. The van der Waals surface area contributed by atoms with E-state index in [1.165, 1.54) is 51.4 Å². The van der Waals surface area contributed by atoms with E-state index in [-0.39, 0.29) is 16.6 Å². The van der Waals surface area contributed by atoms with Crippen LogP contribution in [0.4, 0.5) is 0 Å². The quantitative estimate of drug-likeness (QED) is 0.420. The number of carbonyl (C=O) groups excluding carboxylic acids is 1. The lowest BCUT2D eigenvalue weighted by molar-refractivity contribution is -0.269. The zero-order valence-electron chi connectivity index (χ0n) is 22.4. The predicted octanol–water partition coefficient (Wildman–Crippen LogP) is 7.57. The summed E-state index contributed by atoms with van der Waals surface area (Å²) >= 11 is 0. The first-order valence-corrected chi connectivity index (χ1v) is 13.8. The van der Waals surface area contributed by atoms with Gasteiger partial charge in [-0.3, -0.25) is 4.79 Å². The molecule has 0 saturated heterocycles. The molecule has 0 amide bonds. The maximum Gasteiger partial charge on any atom is 0.164 e. The molecule has 0 heterocycles. The van der Waals surface area contributed by atoms with Crippen molar-refractivity contribution in [2.45, 2.75) is 132 Å². The summed E-state index contributed by atoms with van der Waals surface area (Å²) in [5.41, 5.74) is 0.567. The van der Waals surface area contributed by atoms with E-state index in [1.54, 1.807) is 0 Å². The highest BCUT2D eigenvalue weighted by molar-refractivity contribution is 5.88. The summed E-state index contributed by atoms with van der Waals surface area (Å²) in [6, 6.07) is 0. The van der Waals surface area contributed by atoms with Crippen LogP contribution in [0, 0.1) is 50.2 Å². The van der Waals surface area contributed by atoms with E-state index in [0.29, 0.717) is 39.9 Å². The number of fused-ring (bicyclic) bond motifs is 7. The zero-order chi connectivity index (χ0) is 23.6. The van der Waals surface area contributed by atoms with Crippen LogP contribution in [-0.4, -0.2) is 16.5 Å². The van der Waals surface area contributed by atoms with E-state index >= 15 is 0 Å². The van der Waals surface area contributed by atoms with Crippen molar-refractivity contribution in [1.82, 2.24) is 0 Å². The van der Waals surface area contributed by atoms with Crippen LogP contribution in [0.3, 0.4) is 0 Å². The van der Waals surface area contributed by atoms with Crippen molar-refractivity contribution < 1.29 is 9.90 Å². The van der Waals surface area contributed by atoms with E-state index in [2.05, 4.69) is 48.5 Å². The lowest BCUT2D eigenvalue weighted by Gasteiger charge is -2.75. The van der Waals surface area contributed by atoms with Crippen molar-refractivity contribution in [3.8, 4) is 0 Å². The predicted molar refractivity (Wildman–Crippen MR) is 131 cm³/mol. The van der Waals surface area contributed by atoms with Crippen LogP contribution in [0.25, 0.3) is 0 Å². The van der Waals surface area contributed by atoms with Gasteiger partial charge in [-0.2, -0.15) is 0 Å². The highest BCUT2D eigenvalue weighted by atomic mass is 16.3. The van der Waals surface area contributed by atoms with Gasteiger partial charge in [0.25, 0.3) is 0 Å². The highest BCUT2D eigenvalue weighted by Gasteiger charge is 2.72. The van der Waals surface area contributed by atoms with E-state index < -0.39 is 5.60 Å². The fraction of sp³-hybridized carbons (Fsp3) is 0.967. The smallest absolute Gasteiger partial charge is 0.164 e. The van der Waals surface area contributed by atoms with Crippen LogP contribution in [0.5, 0.6) is 0 Å². The Hall–Kier alpha value is -0.370. The van der Waals surface area contributed by atoms with Crippen LogP contribution in [0.2, 0.25) is 0 Å². The minimum absolute atomic E-state index is 0.0861. The second-order valence-corrected chi connectivity index (χ2v) is 15.5. The fourth-order valence-corrected chi connectivity index (χ4v) is 11.2. The molecule has 5 aliphatic carbocycles. The molecule has 0 aromatic carbocycles. The largest absolute Gasteiger partial charge is 0.382 e. The van der Waals surface area contributed by atoms with Gasteiger partial charge in [-0.15, -0.1) is 0 Å². The molecule has 0 bridgehead atoms. The summed E-state index contributed by atoms with van der Waals surface area (Å²) < 4.78 is 0. The third-order valence-corrected chi connectivity index (χ3v) is 13.8. The Morgan fingerprint density at radius 1 is 0.656 bits per heavy atom. The third kappa shape index (κ3) is 2.60. The van der Waals surface area contributed by atoms with Crippen molar-refractivity contribution in [3.63, 3.8) is 0 Å². The Morgan fingerprint density at radius 3 is 1.91 bits per heavy atom. The molecule has 0 spiro atoms. The number of hydrogen-bond donors (Lipinski definition) is 1. The molecule has 1 N–H and O–H groups in total. The molecule has 0 aliphatic heterocycles. The average molecular weight is 443 g/mol. The Balaban J connectivity index is 1.56. The SMILES string of the molecule is CC1(C)CC[C@]2(C)CC[C@]3(C)[C@H]4CC[C@@]5(C)[C@@H](CCC(=O)[C@]5(C)O)[C@]4(C)CC[C@@]3(C)[C@@H]2C1. The van der Waals surface area contributed by atoms with Gasteiger partial charge >= 0.3 is 0 Å². The first-order chi connectivity index (χ1) is 14.6. The van der Waals surface area contributed by atoms with E-state index in [9.17, 15) is 9.90 Å². The molecule has 9 atom stereocenters. The Labute approximate surface area is 197 Å². The summed E-state index contributed by atoms with van der Waals surface area (Å²) in [7, 11) is 0. The monoisotopic (exact) mass is 442 g/mol. The second kappa shape index (κ2) is 6.44. The van der Waals surface area contributed by atoms with Crippen molar-refractivity contribution >= 4 is 5.78 Å². The first-order valence-electron chi connectivity index (χ1n) is 13.8. The molecule has 0 aromatic heterocycles. The number of carbonyl (C=O) groups is 1. The normalized spacial score (nSPS) is 59.4. The van der Waals surface area contributed by atoms with E-state index in [1.807, 2.05) is 6.92 Å². The molecule has 32 heavy (non-hydrogen) atoms. The first kappa shape index (κ1) is 23.4. The maximum atomic E-state index is 12.8. The summed E-state index contributed by atoms with van der Waals surface area (Å²) in [4.78, 5) is 12.8. The molecule has 5 fully saturated rings. The number of Topliss-reactive ketones (excluding diaryl/α,β-unsaturated/α-hetero) is 1. The van der Waals surface area contributed by atoms with Gasteiger partial charge in [-0.1, -0.05) is 48.5 Å². The van der Waals surface area contributed by atoms with Gasteiger partial charge in [0.05, 0.1) is 0 Å². The summed E-state index contributed by atoms with van der Waals surface area (Å²) in [6.07, 6.45) is 13.3. The van der Waals surface area contributed by atoms with Crippen molar-refractivity contribution in [1.29, 1.82) is 0 Å². The number of aliphatic hydroxyl groups is 1. The summed E-state index contributed by atoms with van der Waals surface area (Å²) in [5, 5.41) is 11.4. The van der Waals surface area contributed by atoms with Gasteiger partial charge < -0.3 is 5.11 Å². The molecule has 0 radical (unpaired) electrons. The van der Waals surface area contributed by atoms with Crippen LogP contribution >= 0.6 is 0 Å². The van der Waals surface area contributed by atoms with Gasteiger partial charge in [0.1, 0.15) is 5.60 Å². The fourth-order valence-electron chi connectivity index (χ4n) is 11.2. The minimum Gasteiger partial charge on any atom is -0.382 e. The van der Waals surface area contributed by atoms with Crippen LogP contribution < -0.4 is 0 Å². The highest BCUT2D eigenvalue weighted by Crippen LogP contribution is 2.78. The van der Waals surface area contributed by atoms with Crippen LogP contribution in [0.15, 0.2) is 0 Å². The molecule has 5 aliphatic rings. The average Bonchev–Trinajstić information content (AvgIpc) is 2.69. The zero-order valence-corrected chi connectivity index (χ0v) is 22.4. The Kier molecular flexibility index (Phi) is 4.70. The molecule has 0 unspecified atom stereocenters. The summed E-state index contributed by atoms with van der Waals surface area (Å²) in [5.74, 6) is 2.08. The number of hydrogen-bond acceptors (Lipinski definition) is 2. The van der Waals surface area contributed by atoms with Crippen molar-refractivity contribution in [2.75, 3.05) is 0 Å². The standard InChI is InChI=1S/C30H50O2/c1-24(2)13-14-25(3)15-17-27(5)21-11-12-29(7)20(9-10-23(31)30(29,8)32)26(21,4)16-18-28(27,6)22(25)19-24/h20-22,32H,9-19H2,1-8H3/t20-,21-,22+,25+,26-,27+,28-,29-,30-/m0/s1. The van der Waals surface area contributed by atoms with Gasteiger partial charge in [0.15, 0.2) is 5.78 Å². The van der Waals surface area contributed by atoms with Gasteiger partial charge in [-0.05, 0) is 116 Å². The molecular formula is C30H50O2. The summed E-state index contributed by atoms with van der Waals surface area (Å²) in [6.45, 7) is 19.7. The van der Waals surface area contributed by atoms with E-state index in [4.69, 9.17) is 0 Å². The lowest BCUT2D eigenvalue weighted by Crippen LogP contribution is -2.70. The van der Waals surface area contributed by atoms with E-state index in [0.717, 1.165) is 18.8 Å². The lowest BCUT2D eigenvalue weighted by atomic mass is 9.30. The van der Waals surface area contributed by atoms with Gasteiger partial charge in [0, 0.05) is 11.8 Å². The van der Waals surface area contributed by atoms with Crippen LogP contribution in [-0.2, 0) is 4.79 Å². The van der Waals surface area contributed by atoms with Gasteiger partial charge in [-0.25, -0.2) is 0 Å². The van der Waals surface area contributed by atoms with Gasteiger partial charge in [0.2, 0.25) is 0 Å². The maximum absolute atomic E-state index is 12.8. The molecule has 2 heteroatoms. The Bertz CT molecular complexity index is 827.